The zero-order valence-electron chi connectivity index (χ0n) is 10.2. The van der Waals surface area contributed by atoms with E-state index in [9.17, 15) is 4.79 Å². The lowest BCUT2D eigenvalue weighted by Gasteiger charge is -2.10. The van der Waals surface area contributed by atoms with Gasteiger partial charge in [0.25, 0.3) is 0 Å². The molecule has 2 aromatic rings. The van der Waals surface area contributed by atoms with Crippen LogP contribution in [0.1, 0.15) is 5.56 Å². The SMILES string of the molecule is COC(=O)CNCc1ccccc1-n1cccn1. The number of methoxy groups -OCH3 is 1. The van der Waals surface area contributed by atoms with Gasteiger partial charge in [-0.15, -0.1) is 0 Å². The van der Waals surface area contributed by atoms with Crippen molar-refractivity contribution in [3.63, 3.8) is 0 Å². The average molecular weight is 245 g/mol. The molecule has 0 fully saturated rings. The molecule has 0 spiro atoms. The predicted molar refractivity (Wildman–Crippen MR) is 67.3 cm³/mol. The molecule has 1 heterocycles. The van der Waals surface area contributed by atoms with E-state index in [1.807, 2.05) is 36.5 Å². The Morgan fingerprint density at radius 3 is 2.94 bits per heavy atom. The highest BCUT2D eigenvalue weighted by Gasteiger charge is 2.05. The number of hydrogen-bond acceptors (Lipinski definition) is 4. The lowest BCUT2D eigenvalue weighted by Crippen LogP contribution is -2.24. The summed E-state index contributed by atoms with van der Waals surface area (Å²) in [5.41, 5.74) is 2.07. The van der Waals surface area contributed by atoms with Crippen molar-refractivity contribution in [1.82, 2.24) is 15.1 Å². The monoisotopic (exact) mass is 245 g/mol. The van der Waals surface area contributed by atoms with Crippen molar-refractivity contribution in [2.45, 2.75) is 6.54 Å². The number of nitrogens with zero attached hydrogens (tertiary/aromatic N) is 2. The summed E-state index contributed by atoms with van der Waals surface area (Å²) >= 11 is 0. The lowest BCUT2D eigenvalue weighted by molar-refractivity contribution is -0.139. The molecule has 0 bridgehead atoms. The Labute approximate surface area is 105 Å². The summed E-state index contributed by atoms with van der Waals surface area (Å²) in [6, 6.07) is 9.78. The van der Waals surface area contributed by atoms with Gasteiger partial charge in [-0.2, -0.15) is 5.10 Å². The predicted octanol–water partition coefficient (Wildman–Crippen LogP) is 1.13. The molecule has 0 radical (unpaired) electrons. The number of hydrogen-bond donors (Lipinski definition) is 1. The molecular formula is C13H15N3O2. The third kappa shape index (κ3) is 2.95. The summed E-state index contributed by atoms with van der Waals surface area (Å²) in [5, 5.41) is 7.24. The molecule has 2 rings (SSSR count). The number of ether oxygens (including phenoxy) is 1. The van der Waals surface area contributed by atoms with Gasteiger partial charge in [-0.25, -0.2) is 4.68 Å². The van der Waals surface area contributed by atoms with Crippen LogP contribution in [0.15, 0.2) is 42.7 Å². The van der Waals surface area contributed by atoms with E-state index in [4.69, 9.17) is 0 Å². The zero-order chi connectivity index (χ0) is 12.8. The molecule has 1 N–H and O–H groups in total. The average Bonchev–Trinajstić information content (AvgIpc) is 2.93. The Balaban J connectivity index is 2.07. The Morgan fingerprint density at radius 2 is 2.22 bits per heavy atom. The fourth-order valence-electron chi connectivity index (χ4n) is 1.67. The zero-order valence-corrected chi connectivity index (χ0v) is 10.2. The summed E-state index contributed by atoms with van der Waals surface area (Å²) in [7, 11) is 1.38. The van der Waals surface area contributed by atoms with Crippen molar-refractivity contribution in [2.75, 3.05) is 13.7 Å². The van der Waals surface area contributed by atoms with Crippen molar-refractivity contribution >= 4 is 5.97 Å². The Morgan fingerprint density at radius 1 is 1.39 bits per heavy atom. The third-order valence-corrected chi connectivity index (χ3v) is 2.56. The standard InChI is InChI=1S/C13H15N3O2/c1-18-13(17)10-14-9-11-5-2-3-6-12(11)16-8-4-7-15-16/h2-8,14H,9-10H2,1H3. The second-order valence-corrected chi connectivity index (χ2v) is 3.76. The number of para-hydroxylation sites is 1. The highest BCUT2D eigenvalue weighted by molar-refractivity contribution is 5.71. The second-order valence-electron chi connectivity index (χ2n) is 3.76. The van der Waals surface area contributed by atoms with Crippen LogP contribution in [-0.2, 0) is 16.1 Å². The molecule has 0 atom stereocenters. The molecule has 0 saturated heterocycles. The van der Waals surface area contributed by atoms with Crippen LogP contribution < -0.4 is 5.32 Å². The molecule has 5 heteroatoms. The van der Waals surface area contributed by atoms with Gasteiger partial charge in [-0.05, 0) is 17.7 Å². The van der Waals surface area contributed by atoms with E-state index in [1.54, 1.807) is 10.9 Å². The van der Waals surface area contributed by atoms with E-state index in [0.717, 1.165) is 11.3 Å². The van der Waals surface area contributed by atoms with E-state index >= 15 is 0 Å². The van der Waals surface area contributed by atoms with Gasteiger partial charge in [0.05, 0.1) is 19.3 Å². The first kappa shape index (κ1) is 12.3. The van der Waals surface area contributed by atoms with Crippen LogP contribution in [0.4, 0.5) is 0 Å². The van der Waals surface area contributed by atoms with Crippen LogP contribution in [0.25, 0.3) is 5.69 Å². The maximum atomic E-state index is 11.0. The maximum absolute atomic E-state index is 11.0. The number of rotatable bonds is 5. The van der Waals surface area contributed by atoms with Gasteiger partial charge in [0.15, 0.2) is 0 Å². The van der Waals surface area contributed by atoms with Gasteiger partial charge in [-0.1, -0.05) is 18.2 Å². The van der Waals surface area contributed by atoms with Crippen molar-refractivity contribution in [3.05, 3.63) is 48.3 Å². The van der Waals surface area contributed by atoms with Crippen molar-refractivity contribution in [2.24, 2.45) is 0 Å². The molecule has 94 valence electrons. The Bertz CT molecular complexity index is 509. The van der Waals surface area contributed by atoms with Crippen LogP contribution in [0.5, 0.6) is 0 Å². The minimum Gasteiger partial charge on any atom is -0.468 e. The Hall–Kier alpha value is -2.14. The molecule has 0 aliphatic heterocycles. The molecule has 5 nitrogen and oxygen atoms in total. The molecule has 0 saturated carbocycles. The lowest BCUT2D eigenvalue weighted by atomic mass is 10.2. The van der Waals surface area contributed by atoms with Gasteiger partial charge in [0.2, 0.25) is 0 Å². The van der Waals surface area contributed by atoms with E-state index < -0.39 is 0 Å². The molecule has 1 aromatic heterocycles. The van der Waals surface area contributed by atoms with Crippen molar-refractivity contribution < 1.29 is 9.53 Å². The van der Waals surface area contributed by atoms with Gasteiger partial charge >= 0.3 is 5.97 Å². The minimum atomic E-state index is -0.272. The number of esters is 1. The topological polar surface area (TPSA) is 56.1 Å². The summed E-state index contributed by atoms with van der Waals surface area (Å²) in [4.78, 5) is 11.0. The summed E-state index contributed by atoms with van der Waals surface area (Å²) in [6.07, 6.45) is 3.62. The van der Waals surface area contributed by atoms with E-state index in [0.29, 0.717) is 6.54 Å². The molecule has 0 aliphatic rings. The highest BCUT2D eigenvalue weighted by Crippen LogP contribution is 2.12. The van der Waals surface area contributed by atoms with Crippen LogP contribution in [-0.4, -0.2) is 29.4 Å². The second kappa shape index (κ2) is 5.97. The molecule has 1 aromatic carbocycles. The Kier molecular flexibility index (Phi) is 4.09. The van der Waals surface area contributed by atoms with E-state index in [-0.39, 0.29) is 12.5 Å². The normalized spacial score (nSPS) is 10.3. The quantitative estimate of drug-likeness (QED) is 0.802. The maximum Gasteiger partial charge on any atom is 0.319 e. The fraction of sp³-hybridized carbons (Fsp3) is 0.231. The highest BCUT2D eigenvalue weighted by atomic mass is 16.5. The van der Waals surface area contributed by atoms with Crippen LogP contribution in [0.2, 0.25) is 0 Å². The van der Waals surface area contributed by atoms with Crippen LogP contribution >= 0.6 is 0 Å². The summed E-state index contributed by atoms with van der Waals surface area (Å²) in [6.45, 7) is 0.787. The van der Waals surface area contributed by atoms with Crippen LogP contribution in [0.3, 0.4) is 0 Å². The molecule has 0 unspecified atom stereocenters. The van der Waals surface area contributed by atoms with E-state index in [2.05, 4.69) is 15.2 Å². The van der Waals surface area contributed by atoms with E-state index in [1.165, 1.54) is 7.11 Å². The van der Waals surface area contributed by atoms with Gasteiger partial charge in [0, 0.05) is 18.9 Å². The van der Waals surface area contributed by atoms with Gasteiger partial charge < -0.3 is 10.1 Å². The number of aromatic nitrogens is 2. The first-order valence-corrected chi connectivity index (χ1v) is 5.66. The molecule has 0 amide bonds. The largest absolute Gasteiger partial charge is 0.468 e. The molecule has 18 heavy (non-hydrogen) atoms. The van der Waals surface area contributed by atoms with Crippen molar-refractivity contribution in [1.29, 1.82) is 0 Å². The first-order valence-electron chi connectivity index (χ1n) is 5.66. The number of nitrogens with one attached hydrogen (secondary N) is 1. The fourth-order valence-corrected chi connectivity index (χ4v) is 1.67. The number of benzene rings is 1. The van der Waals surface area contributed by atoms with Crippen LogP contribution in [0, 0.1) is 0 Å². The number of carbonyl (C=O) groups is 1. The minimum absolute atomic E-state index is 0.198. The first-order chi connectivity index (χ1) is 8.81. The number of carbonyl (C=O) groups excluding carboxylic acids is 1. The van der Waals surface area contributed by atoms with Gasteiger partial charge in [-0.3, -0.25) is 4.79 Å². The molecule has 0 aliphatic carbocycles. The smallest absolute Gasteiger partial charge is 0.319 e. The van der Waals surface area contributed by atoms with Gasteiger partial charge in [0.1, 0.15) is 0 Å². The summed E-state index contributed by atoms with van der Waals surface area (Å²) in [5.74, 6) is -0.272. The summed E-state index contributed by atoms with van der Waals surface area (Å²) < 4.78 is 6.37. The third-order valence-electron chi connectivity index (χ3n) is 2.56. The molecular weight excluding hydrogens is 230 g/mol. The van der Waals surface area contributed by atoms with Crippen molar-refractivity contribution in [3.8, 4) is 5.69 Å².